The SMILES string of the molecule is CC\C=C/C=C/C=C/C=C\C=C\C=C\CCCCCC(=O)NC(COP(=O)([O-])OCC[N+](C)(C)C)C(/C=C\CCCCCCCCCCCC)OC(=O)CCCCCCC\C=C/C=C/C=C/CC. The predicted octanol–water partition coefficient (Wildman–Crippen LogP) is 15.0. The van der Waals surface area contributed by atoms with Gasteiger partial charge in [0.1, 0.15) is 19.3 Å². The number of phosphoric acid groups is 1. The molecule has 0 bridgehead atoms. The summed E-state index contributed by atoms with van der Waals surface area (Å²) in [6.07, 6.45) is 64.5. The molecule has 0 heterocycles. The molecule has 0 aliphatic carbocycles. The van der Waals surface area contributed by atoms with Gasteiger partial charge in [0.25, 0.3) is 7.82 Å². The Hall–Kier alpha value is -3.59. The number of nitrogens with one attached hydrogen (secondary N) is 1. The number of nitrogens with zero attached hydrogens (tertiary/aromatic N) is 1. The minimum atomic E-state index is -4.72. The molecule has 3 atom stereocenters. The number of hydrogen-bond donors (Lipinski definition) is 1. The second kappa shape index (κ2) is 47.1. The molecule has 1 amide bonds. The van der Waals surface area contributed by atoms with Gasteiger partial charge in [-0.05, 0) is 70.3 Å². The molecule has 386 valence electrons. The molecule has 1 N–H and O–H groups in total. The topological polar surface area (TPSA) is 114 Å². The van der Waals surface area contributed by atoms with Crippen molar-refractivity contribution < 1.29 is 37.3 Å². The number of likely N-dealkylation sites (N-methyl/N-ethyl adjacent to an activating group) is 1. The zero-order valence-corrected chi connectivity index (χ0v) is 44.6. The van der Waals surface area contributed by atoms with Crippen LogP contribution >= 0.6 is 7.82 Å². The van der Waals surface area contributed by atoms with Gasteiger partial charge in [0.15, 0.2) is 0 Å². The molecule has 0 fully saturated rings. The van der Waals surface area contributed by atoms with Gasteiger partial charge in [0.2, 0.25) is 5.91 Å². The number of rotatable bonds is 45. The Morgan fingerprint density at radius 1 is 0.529 bits per heavy atom. The summed E-state index contributed by atoms with van der Waals surface area (Å²) >= 11 is 0. The lowest BCUT2D eigenvalue weighted by Gasteiger charge is -2.30. The molecule has 10 heteroatoms. The van der Waals surface area contributed by atoms with Crippen LogP contribution in [0.15, 0.2) is 122 Å². The van der Waals surface area contributed by atoms with Crippen molar-refractivity contribution in [3.8, 4) is 0 Å². The fourth-order valence-electron chi connectivity index (χ4n) is 6.79. The first-order valence-corrected chi connectivity index (χ1v) is 27.9. The number of esters is 1. The molecule has 0 aromatic heterocycles. The first-order chi connectivity index (χ1) is 32.9. The number of phosphoric ester groups is 1. The number of carbonyl (C=O) groups excluding carboxylic acids is 2. The lowest BCUT2D eigenvalue weighted by molar-refractivity contribution is -0.870. The average Bonchev–Trinajstić information content (AvgIpc) is 3.29. The highest BCUT2D eigenvalue weighted by atomic mass is 31.2. The van der Waals surface area contributed by atoms with Crippen LogP contribution in [-0.2, 0) is 27.9 Å². The maximum absolute atomic E-state index is 13.4. The van der Waals surface area contributed by atoms with Crippen LogP contribution in [0.2, 0.25) is 0 Å². The lowest BCUT2D eigenvalue weighted by atomic mass is 10.1. The minimum Gasteiger partial charge on any atom is -0.756 e. The quantitative estimate of drug-likeness (QED) is 0.0161. The second-order valence-corrected chi connectivity index (χ2v) is 19.9. The Balaban J connectivity index is 5.56. The Morgan fingerprint density at radius 2 is 0.941 bits per heavy atom. The van der Waals surface area contributed by atoms with Gasteiger partial charge < -0.3 is 28.5 Å². The van der Waals surface area contributed by atoms with Crippen molar-refractivity contribution in [3.63, 3.8) is 0 Å². The molecular formula is C58H97N2O7P. The van der Waals surface area contributed by atoms with Crippen LogP contribution in [0.4, 0.5) is 0 Å². The van der Waals surface area contributed by atoms with Gasteiger partial charge in [-0.15, -0.1) is 0 Å². The second-order valence-electron chi connectivity index (χ2n) is 18.5. The van der Waals surface area contributed by atoms with Crippen LogP contribution in [0, 0.1) is 0 Å². The summed E-state index contributed by atoms with van der Waals surface area (Å²) < 4.78 is 30.1. The van der Waals surface area contributed by atoms with E-state index in [0.717, 1.165) is 83.5 Å². The number of unbranched alkanes of at least 4 members (excludes halogenated alkanes) is 18. The third-order valence-electron chi connectivity index (χ3n) is 10.9. The third kappa shape index (κ3) is 47.5. The fraction of sp³-hybridized carbons (Fsp3) is 0.621. The summed E-state index contributed by atoms with van der Waals surface area (Å²) in [4.78, 5) is 39.7. The van der Waals surface area contributed by atoms with Gasteiger partial charge in [-0.25, -0.2) is 0 Å². The van der Waals surface area contributed by atoms with E-state index in [1.54, 1.807) is 6.08 Å². The van der Waals surface area contributed by atoms with Gasteiger partial charge in [-0.3, -0.25) is 14.2 Å². The minimum absolute atomic E-state index is 0.0424. The summed E-state index contributed by atoms with van der Waals surface area (Å²) in [6, 6.07) is -0.927. The van der Waals surface area contributed by atoms with Crippen molar-refractivity contribution in [2.75, 3.05) is 40.9 Å². The Kier molecular flexibility index (Phi) is 44.6. The summed E-state index contributed by atoms with van der Waals surface area (Å²) in [5.74, 6) is -0.630. The predicted molar refractivity (Wildman–Crippen MR) is 288 cm³/mol. The van der Waals surface area contributed by atoms with E-state index in [1.807, 2.05) is 94.1 Å². The van der Waals surface area contributed by atoms with Gasteiger partial charge in [-0.1, -0.05) is 220 Å². The zero-order valence-electron chi connectivity index (χ0n) is 43.8. The van der Waals surface area contributed by atoms with Crippen molar-refractivity contribution in [1.82, 2.24) is 5.32 Å². The highest BCUT2D eigenvalue weighted by molar-refractivity contribution is 7.45. The van der Waals surface area contributed by atoms with Crippen LogP contribution in [0.3, 0.4) is 0 Å². The first kappa shape index (κ1) is 64.4. The molecule has 9 nitrogen and oxygen atoms in total. The van der Waals surface area contributed by atoms with E-state index in [0.29, 0.717) is 23.9 Å². The number of allylic oxidation sites excluding steroid dienone is 19. The van der Waals surface area contributed by atoms with Crippen LogP contribution in [-0.4, -0.2) is 69.4 Å². The van der Waals surface area contributed by atoms with Gasteiger partial charge in [0, 0.05) is 12.8 Å². The summed E-state index contributed by atoms with van der Waals surface area (Å²) in [7, 11) is 1.12. The maximum Gasteiger partial charge on any atom is 0.306 e. The molecule has 0 aliphatic rings. The lowest BCUT2D eigenvalue weighted by Crippen LogP contribution is -2.47. The summed E-state index contributed by atoms with van der Waals surface area (Å²) in [6.45, 7) is 6.47. The van der Waals surface area contributed by atoms with E-state index in [9.17, 15) is 19.0 Å². The highest BCUT2D eigenvalue weighted by Gasteiger charge is 2.27. The molecule has 0 saturated heterocycles. The number of carbonyl (C=O) groups is 2. The molecule has 0 rings (SSSR count). The van der Waals surface area contributed by atoms with Crippen molar-refractivity contribution in [2.24, 2.45) is 0 Å². The van der Waals surface area contributed by atoms with Crippen LogP contribution in [0.25, 0.3) is 0 Å². The molecule has 0 aromatic rings. The van der Waals surface area contributed by atoms with E-state index in [2.05, 4.69) is 68.6 Å². The molecule has 0 aromatic carbocycles. The fourth-order valence-corrected chi connectivity index (χ4v) is 7.51. The van der Waals surface area contributed by atoms with Crippen LogP contribution < -0.4 is 10.2 Å². The number of ether oxygens (including phenoxy) is 1. The van der Waals surface area contributed by atoms with E-state index >= 15 is 0 Å². The van der Waals surface area contributed by atoms with Crippen LogP contribution in [0.5, 0.6) is 0 Å². The normalized spacial score (nSPS) is 14.9. The largest absolute Gasteiger partial charge is 0.756 e. The number of amides is 1. The molecule has 0 radical (unpaired) electrons. The maximum atomic E-state index is 13.4. The van der Waals surface area contributed by atoms with Crippen molar-refractivity contribution in [2.45, 2.75) is 193 Å². The molecule has 0 saturated carbocycles. The molecule has 3 unspecified atom stereocenters. The summed E-state index contributed by atoms with van der Waals surface area (Å²) in [5.41, 5.74) is 0. The zero-order chi connectivity index (χ0) is 50.1. The Morgan fingerprint density at radius 3 is 1.43 bits per heavy atom. The third-order valence-corrected chi connectivity index (χ3v) is 11.8. The smallest absolute Gasteiger partial charge is 0.306 e. The standard InChI is InChI=1S/C58H97N2O7P/c1-7-10-13-16-19-22-25-28-29-30-31-33-35-38-41-44-47-50-57(61)59-55(54-66-68(63,64)65-53-52-60(4,5)6)56(49-46-43-40-37-34-27-24-21-18-15-12-9-3)67-58(62)51-48-45-42-39-36-32-26-23-20-17-14-11-8-2/h10-11,13-14,16-17,19-20,22-23,25-26,28-31,33,35,46,49,55-56H,7-9,12,15,18,21,24,27,32,34,36-45,47-48,50-54H2,1-6H3,(H-,59,61,63,64)/b13-10-,14-11+,19-16+,20-17+,25-22+,26-23-,29-28-,31-30+,35-33+,49-46-. The van der Waals surface area contributed by atoms with Gasteiger partial charge in [-0.2, -0.15) is 0 Å². The number of quaternary nitrogens is 1. The monoisotopic (exact) mass is 965 g/mol. The Labute approximate surface area is 416 Å². The van der Waals surface area contributed by atoms with Gasteiger partial charge >= 0.3 is 5.97 Å². The average molecular weight is 965 g/mol. The molecule has 0 aliphatic heterocycles. The van der Waals surface area contributed by atoms with Crippen LogP contribution in [0.1, 0.15) is 181 Å². The molecule has 68 heavy (non-hydrogen) atoms. The highest BCUT2D eigenvalue weighted by Crippen LogP contribution is 2.38. The van der Waals surface area contributed by atoms with E-state index < -0.39 is 26.6 Å². The first-order valence-electron chi connectivity index (χ1n) is 26.5. The van der Waals surface area contributed by atoms with Gasteiger partial charge in [0.05, 0.1) is 33.8 Å². The van der Waals surface area contributed by atoms with E-state index in [1.165, 1.54) is 51.4 Å². The van der Waals surface area contributed by atoms with Crippen molar-refractivity contribution in [1.29, 1.82) is 0 Å². The van der Waals surface area contributed by atoms with E-state index in [-0.39, 0.29) is 31.3 Å². The van der Waals surface area contributed by atoms with Crippen molar-refractivity contribution in [3.05, 3.63) is 122 Å². The molecular weight excluding hydrogens is 868 g/mol. The number of hydrogen-bond acceptors (Lipinski definition) is 7. The Bertz CT molecular complexity index is 1580. The summed E-state index contributed by atoms with van der Waals surface area (Å²) in [5, 5.41) is 2.98. The van der Waals surface area contributed by atoms with Crippen molar-refractivity contribution >= 4 is 19.7 Å². The molecule has 0 spiro atoms. The van der Waals surface area contributed by atoms with E-state index in [4.69, 9.17) is 13.8 Å².